The number of methoxy groups -OCH3 is 1. The molecule has 0 bridgehead atoms. The van der Waals surface area contributed by atoms with Gasteiger partial charge in [0.2, 0.25) is 0 Å². The molecule has 0 spiro atoms. The van der Waals surface area contributed by atoms with Crippen LogP contribution in [0.5, 0.6) is 5.75 Å². The van der Waals surface area contributed by atoms with Crippen molar-refractivity contribution >= 4 is 0 Å². The summed E-state index contributed by atoms with van der Waals surface area (Å²) in [7, 11) is 3.49. The largest absolute Gasteiger partial charge is 0.495 e. The van der Waals surface area contributed by atoms with Gasteiger partial charge in [0.05, 0.1) is 36.4 Å². The first-order valence-corrected chi connectivity index (χ1v) is 6.34. The van der Waals surface area contributed by atoms with E-state index in [9.17, 15) is 5.26 Å². The van der Waals surface area contributed by atoms with Crippen molar-refractivity contribution in [2.24, 2.45) is 0 Å². The van der Waals surface area contributed by atoms with Crippen LogP contribution in [0.4, 0.5) is 0 Å². The van der Waals surface area contributed by atoms with Crippen LogP contribution in [0.1, 0.15) is 25.1 Å². The van der Waals surface area contributed by atoms with Crippen molar-refractivity contribution in [2.75, 3.05) is 14.2 Å². The summed E-state index contributed by atoms with van der Waals surface area (Å²) in [6.45, 7) is 4.12. The monoisotopic (exact) mass is 270 g/mol. The molecule has 0 radical (unpaired) electrons. The third kappa shape index (κ3) is 2.26. The van der Waals surface area contributed by atoms with E-state index >= 15 is 0 Å². The average Bonchev–Trinajstić information content (AvgIpc) is 2.96. The fraction of sp³-hybridized carbons (Fsp3) is 0.333. The van der Waals surface area contributed by atoms with Gasteiger partial charge in [-0.3, -0.25) is 4.57 Å². The SMILES string of the molecule is CNC(C)(C)c1cncn1-c1c(C#N)cccc1OC. The van der Waals surface area contributed by atoms with Crippen molar-refractivity contribution in [1.29, 1.82) is 5.26 Å². The van der Waals surface area contributed by atoms with Crippen molar-refractivity contribution in [2.45, 2.75) is 19.4 Å². The molecule has 1 aromatic heterocycles. The van der Waals surface area contributed by atoms with Crippen molar-refractivity contribution in [3.8, 4) is 17.5 Å². The first-order chi connectivity index (χ1) is 9.55. The van der Waals surface area contributed by atoms with Crippen LogP contribution < -0.4 is 10.1 Å². The van der Waals surface area contributed by atoms with Crippen LogP contribution in [-0.4, -0.2) is 23.7 Å². The van der Waals surface area contributed by atoms with E-state index in [4.69, 9.17) is 4.74 Å². The van der Waals surface area contributed by atoms with Gasteiger partial charge in [0, 0.05) is 0 Å². The molecule has 0 aliphatic carbocycles. The van der Waals surface area contributed by atoms with E-state index in [0.717, 1.165) is 5.69 Å². The Hall–Kier alpha value is -2.32. The zero-order valence-corrected chi connectivity index (χ0v) is 12.1. The Balaban J connectivity index is 2.71. The van der Waals surface area contributed by atoms with E-state index in [1.54, 1.807) is 31.8 Å². The minimum Gasteiger partial charge on any atom is -0.495 e. The maximum Gasteiger partial charge on any atom is 0.144 e. The van der Waals surface area contributed by atoms with Crippen molar-refractivity contribution in [3.63, 3.8) is 0 Å². The number of hydrogen-bond donors (Lipinski definition) is 1. The number of nitrogens with zero attached hydrogens (tertiary/aromatic N) is 3. The van der Waals surface area contributed by atoms with E-state index in [1.165, 1.54) is 0 Å². The molecule has 2 aromatic rings. The molecule has 5 heteroatoms. The lowest BCUT2D eigenvalue weighted by atomic mass is 10.0. The van der Waals surface area contributed by atoms with Crippen molar-refractivity contribution in [3.05, 3.63) is 42.0 Å². The van der Waals surface area contributed by atoms with Gasteiger partial charge in [0.15, 0.2) is 0 Å². The second kappa shape index (κ2) is 5.35. The third-order valence-corrected chi connectivity index (χ3v) is 3.48. The van der Waals surface area contributed by atoms with Crippen LogP contribution in [0.3, 0.4) is 0 Å². The molecule has 5 nitrogen and oxygen atoms in total. The van der Waals surface area contributed by atoms with Gasteiger partial charge in [0.25, 0.3) is 0 Å². The highest BCUT2D eigenvalue weighted by molar-refractivity contribution is 5.58. The quantitative estimate of drug-likeness (QED) is 0.925. The van der Waals surface area contributed by atoms with Gasteiger partial charge in [-0.25, -0.2) is 4.98 Å². The molecule has 104 valence electrons. The van der Waals surface area contributed by atoms with Crippen LogP contribution in [0.15, 0.2) is 30.7 Å². The Labute approximate surface area is 118 Å². The molecule has 0 saturated heterocycles. The fourth-order valence-electron chi connectivity index (χ4n) is 2.09. The molecule has 1 N–H and O–H groups in total. The van der Waals surface area contributed by atoms with Crippen LogP contribution in [-0.2, 0) is 5.54 Å². The number of nitriles is 1. The van der Waals surface area contributed by atoms with Gasteiger partial charge in [-0.2, -0.15) is 5.26 Å². The van der Waals surface area contributed by atoms with Gasteiger partial charge in [-0.15, -0.1) is 0 Å². The van der Waals surface area contributed by atoms with Crippen molar-refractivity contribution < 1.29 is 4.74 Å². The standard InChI is InChI=1S/C15H18N4O/c1-15(2,17-3)13-9-18-10-19(13)14-11(8-16)6-5-7-12(14)20-4/h5-7,9-10,17H,1-4H3. The highest BCUT2D eigenvalue weighted by atomic mass is 16.5. The zero-order valence-electron chi connectivity index (χ0n) is 12.1. The Morgan fingerprint density at radius 3 is 2.75 bits per heavy atom. The summed E-state index contributed by atoms with van der Waals surface area (Å²) < 4.78 is 7.29. The molecule has 0 saturated carbocycles. The van der Waals surface area contributed by atoms with Crippen LogP contribution in [0, 0.1) is 11.3 Å². The van der Waals surface area contributed by atoms with E-state index in [-0.39, 0.29) is 5.54 Å². The first-order valence-electron chi connectivity index (χ1n) is 6.34. The Morgan fingerprint density at radius 1 is 1.40 bits per heavy atom. The minimum absolute atomic E-state index is 0.274. The summed E-state index contributed by atoms with van der Waals surface area (Å²) in [5, 5.41) is 12.6. The van der Waals surface area contributed by atoms with Gasteiger partial charge >= 0.3 is 0 Å². The number of aromatic nitrogens is 2. The zero-order chi connectivity index (χ0) is 14.8. The third-order valence-electron chi connectivity index (χ3n) is 3.48. The lowest BCUT2D eigenvalue weighted by Crippen LogP contribution is -2.35. The van der Waals surface area contributed by atoms with Gasteiger partial charge < -0.3 is 10.1 Å². The topological polar surface area (TPSA) is 62.9 Å². The predicted molar refractivity (Wildman–Crippen MR) is 76.9 cm³/mol. The maximum absolute atomic E-state index is 9.33. The van der Waals surface area contributed by atoms with Gasteiger partial charge in [-0.05, 0) is 33.0 Å². The summed E-state index contributed by atoms with van der Waals surface area (Å²) >= 11 is 0. The molecule has 0 fully saturated rings. The molecule has 1 aromatic carbocycles. The Morgan fingerprint density at radius 2 is 2.15 bits per heavy atom. The summed E-state index contributed by atoms with van der Waals surface area (Å²) in [4.78, 5) is 4.22. The highest BCUT2D eigenvalue weighted by Crippen LogP contribution is 2.30. The second-order valence-corrected chi connectivity index (χ2v) is 4.99. The molecular formula is C15H18N4O. The minimum atomic E-state index is -0.274. The summed E-state index contributed by atoms with van der Waals surface area (Å²) in [6, 6.07) is 7.62. The van der Waals surface area contributed by atoms with E-state index in [0.29, 0.717) is 17.0 Å². The smallest absolute Gasteiger partial charge is 0.144 e. The molecule has 2 rings (SSSR count). The Kier molecular flexibility index (Phi) is 3.77. The lowest BCUT2D eigenvalue weighted by Gasteiger charge is -2.26. The lowest BCUT2D eigenvalue weighted by molar-refractivity contribution is 0.404. The van der Waals surface area contributed by atoms with Gasteiger partial charge in [0.1, 0.15) is 17.5 Å². The number of imidazole rings is 1. The number of ether oxygens (including phenoxy) is 1. The normalized spacial score (nSPS) is 11.2. The molecule has 0 amide bonds. The fourth-order valence-corrected chi connectivity index (χ4v) is 2.09. The van der Waals surface area contributed by atoms with E-state index < -0.39 is 0 Å². The van der Waals surface area contributed by atoms with Crippen LogP contribution >= 0.6 is 0 Å². The average molecular weight is 270 g/mol. The number of benzene rings is 1. The summed E-state index contributed by atoms with van der Waals surface area (Å²) in [5.74, 6) is 0.648. The van der Waals surface area contributed by atoms with Gasteiger partial charge in [-0.1, -0.05) is 6.07 Å². The number of para-hydroxylation sites is 1. The predicted octanol–water partition coefficient (Wildman–Crippen LogP) is 2.21. The van der Waals surface area contributed by atoms with Crippen molar-refractivity contribution in [1.82, 2.24) is 14.9 Å². The number of hydrogen-bond acceptors (Lipinski definition) is 4. The molecule has 0 unspecified atom stereocenters. The molecule has 1 heterocycles. The van der Waals surface area contributed by atoms with Crippen LogP contribution in [0.25, 0.3) is 5.69 Å². The first kappa shape index (κ1) is 14.1. The summed E-state index contributed by atoms with van der Waals surface area (Å²) in [5.41, 5.74) is 1.95. The molecule has 0 atom stereocenters. The second-order valence-electron chi connectivity index (χ2n) is 4.99. The van der Waals surface area contributed by atoms with E-state index in [1.807, 2.05) is 17.7 Å². The molecule has 0 aliphatic heterocycles. The molecule has 0 aliphatic rings. The molecular weight excluding hydrogens is 252 g/mol. The number of nitrogens with one attached hydrogen (secondary N) is 1. The highest BCUT2D eigenvalue weighted by Gasteiger charge is 2.25. The molecule has 20 heavy (non-hydrogen) atoms. The summed E-state index contributed by atoms with van der Waals surface area (Å²) in [6.07, 6.45) is 3.50. The maximum atomic E-state index is 9.33. The van der Waals surface area contributed by atoms with E-state index in [2.05, 4.69) is 30.2 Å². The Bertz CT molecular complexity index is 652. The van der Waals surface area contributed by atoms with Crippen LogP contribution in [0.2, 0.25) is 0 Å². The number of rotatable bonds is 4.